The van der Waals surface area contributed by atoms with Gasteiger partial charge in [0.1, 0.15) is 0 Å². The van der Waals surface area contributed by atoms with E-state index >= 15 is 0 Å². The zero-order valence-electron chi connectivity index (χ0n) is 9.90. The predicted molar refractivity (Wildman–Crippen MR) is 61.6 cm³/mol. The van der Waals surface area contributed by atoms with Crippen LogP contribution >= 0.6 is 0 Å². The van der Waals surface area contributed by atoms with Crippen LogP contribution in [0.1, 0.15) is 45.3 Å². The molecule has 3 nitrogen and oxygen atoms in total. The van der Waals surface area contributed by atoms with Crippen LogP contribution in [0.25, 0.3) is 0 Å². The Kier molecular flexibility index (Phi) is 2.59. The Morgan fingerprint density at radius 3 is 2.67 bits per heavy atom. The molecule has 0 aromatic carbocycles. The fraction of sp³-hybridized carbons (Fsp3) is 0.750. The van der Waals surface area contributed by atoms with Crippen molar-refractivity contribution in [2.24, 2.45) is 11.1 Å². The third kappa shape index (κ3) is 2.40. The van der Waals surface area contributed by atoms with Gasteiger partial charge in [-0.15, -0.1) is 0 Å². The molecule has 0 unspecified atom stereocenters. The number of imidazole rings is 1. The smallest absolute Gasteiger partial charge is 0.0950 e. The summed E-state index contributed by atoms with van der Waals surface area (Å²) in [5, 5.41) is 0. The molecule has 84 valence electrons. The summed E-state index contributed by atoms with van der Waals surface area (Å²) >= 11 is 0. The van der Waals surface area contributed by atoms with E-state index in [2.05, 4.69) is 30.3 Å². The molecule has 2 N–H and O–H groups in total. The summed E-state index contributed by atoms with van der Waals surface area (Å²) in [6.45, 7) is 6.78. The molecule has 0 radical (unpaired) electrons. The highest BCUT2D eigenvalue weighted by Crippen LogP contribution is 2.33. The van der Waals surface area contributed by atoms with Gasteiger partial charge in [-0.25, -0.2) is 4.98 Å². The van der Waals surface area contributed by atoms with Gasteiger partial charge in [-0.2, -0.15) is 0 Å². The van der Waals surface area contributed by atoms with E-state index in [1.807, 2.05) is 12.5 Å². The first-order valence-electron chi connectivity index (χ1n) is 5.72. The van der Waals surface area contributed by atoms with E-state index < -0.39 is 0 Å². The molecule has 0 bridgehead atoms. The van der Waals surface area contributed by atoms with Crippen LogP contribution in [0.3, 0.4) is 0 Å². The molecule has 0 aliphatic heterocycles. The van der Waals surface area contributed by atoms with Crippen LogP contribution < -0.4 is 5.73 Å². The van der Waals surface area contributed by atoms with Crippen molar-refractivity contribution < 1.29 is 0 Å². The fourth-order valence-electron chi connectivity index (χ4n) is 2.20. The zero-order chi connectivity index (χ0) is 11.1. The molecular formula is C12H21N3. The lowest BCUT2D eigenvalue weighted by Gasteiger charge is -2.35. The van der Waals surface area contributed by atoms with Crippen LogP contribution in [-0.2, 0) is 6.42 Å². The van der Waals surface area contributed by atoms with Gasteiger partial charge in [-0.3, -0.25) is 0 Å². The minimum Gasteiger partial charge on any atom is -0.331 e. The Hall–Kier alpha value is -0.830. The second kappa shape index (κ2) is 3.63. The Bertz CT molecular complexity index is 329. The molecule has 0 saturated heterocycles. The Morgan fingerprint density at radius 1 is 1.47 bits per heavy atom. The van der Waals surface area contributed by atoms with Crippen molar-refractivity contribution >= 4 is 0 Å². The largest absolute Gasteiger partial charge is 0.331 e. The first kappa shape index (κ1) is 10.7. The van der Waals surface area contributed by atoms with Crippen molar-refractivity contribution in [1.29, 1.82) is 0 Å². The minimum absolute atomic E-state index is 0.323. The number of nitrogens with two attached hydrogens (primary N) is 1. The summed E-state index contributed by atoms with van der Waals surface area (Å²) in [7, 11) is 0. The highest BCUT2D eigenvalue weighted by atomic mass is 15.1. The van der Waals surface area contributed by atoms with Gasteiger partial charge in [0.05, 0.1) is 6.33 Å². The minimum atomic E-state index is 0.323. The summed E-state index contributed by atoms with van der Waals surface area (Å²) in [6, 6.07) is 1.000. The van der Waals surface area contributed by atoms with Crippen LogP contribution in [0.2, 0.25) is 0 Å². The molecule has 0 atom stereocenters. The second-order valence-electron chi connectivity index (χ2n) is 5.91. The summed E-state index contributed by atoms with van der Waals surface area (Å²) in [6.07, 6.45) is 7.24. The van der Waals surface area contributed by atoms with E-state index in [1.54, 1.807) is 0 Å². The molecule has 3 heteroatoms. The molecule has 0 spiro atoms. The lowest BCUT2D eigenvalue weighted by Crippen LogP contribution is -2.38. The van der Waals surface area contributed by atoms with E-state index in [0.717, 1.165) is 19.3 Å². The summed E-state index contributed by atoms with van der Waals surface area (Å²) in [5.41, 5.74) is 7.49. The first-order chi connectivity index (χ1) is 6.96. The number of rotatable bonds is 2. The SMILES string of the molecule is CC(C)(C)Cc1cncn1C1CC(N)C1. The van der Waals surface area contributed by atoms with Crippen molar-refractivity contribution in [3.63, 3.8) is 0 Å². The molecule has 15 heavy (non-hydrogen) atoms. The quantitative estimate of drug-likeness (QED) is 0.807. The van der Waals surface area contributed by atoms with E-state index in [4.69, 9.17) is 5.73 Å². The van der Waals surface area contributed by atoms with Crippen LogP contribution in [0, 0.1) is 5.41 Å². The highest BCUT2D eigenvalue weighted by Gasteiger charge is 2.29. The summed E-state index contributed by atoms with van der Waals surface area (Å²) in [4.78, 5) is 4.26. The molecular weight excluding hydrogens is 186 g/mol. The van der Waals surface area contributed by atoms with Crippen LogP contribution in [0.4, 0.5) is 0 Å². The maximum atomic E-state index is 5.82. The van der Waals surface area contributed by atoms with Gasteiger partial charge >= 0.3 is 0 Å². The maximum Gasteiger partial charge on any atom is 0.0950 e. The topological polar surface area (TPSA) is 43.8 Å². The van der Waals surface area contributed by atoms with Crippen molar-refractivity contribution in [3.8, 4) is 0 Å². The number of hydrogen-bond acceptors (Lipinski definition) is 2. The van der Waals surface area contributed by atoms with Crippen LogP contribution in [0.15, 0.2) is 12.5 Å². The fourth-order valence-corrected chi connectivity index (χ4v) is 2.20. The van der Waals surface area contributed by atoms with E-state index in [1.165, 1.54) is 5.69 Å². The van der Waals surface area contributed by atoms with Gasteiger partial charge in [-0.05, 0) is 24.7 Å². The Labute approximate surface area is 91.7 Å². The van der Waals surface area contributed by atoms with Crippen LogP contribution in [0.5, 0.6) is 0 Å². The number of nitrogens with zero attached hydrogens (tertiary/aromatic N) is 2. The van der Waals surface area contributed by atoms with Crippen molar-refractivity contribution in [1.82, 2.24) is 9.55 Å². The summed E-state index contributed by atoms with van der Waals surface area (Å²) in [5.74, 6) is 0. The Morgan fingerprint density at radius 2 is 2.13 bits per heavy atom. The average Bonchev–Trinajstić information content (AvgIpc) is 2.43. The van der Waals surface area contributed by atoms with Crippen molar-refractivity contribution in [3.05, 3.63) is 18.2 Å². The standard InChI is InChI=1S/C12H21N3/c1-12(2,3)6-11-7-14-8-15(11)10-4-9(13)5-10/h7-10H,4-6,13H2,1-3H3. The summed E-state index contributed by atoms with van der Waals surface area (Å²) < 4.78 is 2.31. The second-order valence-corrected chi connectivity index (χ2v) is 5.91. The van der Waals surface area contributed by atoms with Crippen molar-refractivity contribution in [2.75, 3.05) is 0 Å². The highest BCUT2D eigenvalue weighted by molar-refractivity contribution is 5.05. The number of hydrogen-bond donors (Lipinski definition) is 1. The molecule has 1 aliphatic rings. The number of aromatic nitrogens is 2. The lowest BCUT2D eigenvalue weighted by atomic mass is 9.86. The van der Waals surface area contributed by atoms with Gasteiger partial charge in [-0.1, -0.05) is 20.8 Å². The zero-order valence-corrected chi connectivity index (χ0v) is 9.90. The third-order valence-corrected chi connectivity index (χ3v) is 3.00. The molecule has 1 fully saturated rings. The molecule has 1 aromatic heterocycles. The van der Waals surface area contributed by atoms with Gasteiger partial charge < -0.3 is 10.3 Å². The van der Waals surface area contributed by atoms with Crippen molar-refractivity contribution in [2.45, 2.75) is 52.1 Å². The molecule has 1 heterocycles. The van der Waals surface area contributed by atoms with E-state index in [9.17, 15) is 0 Å². The molecule has 2 rings (SSSR count). The lowest BCUT2D eigenvalue weighted by molar-refractivity contribution is 0.255. The third-order valence-electron chi connectivity index (χ3n) is 3.00. The molecule has 1 aromatic rings. The van der Waals surface area contributed by atoms with Gasteiger partial charge in [0.2, 0.25) is 0 Å². The predicted octanol–water partition coefficient (Wildman–Crippen LogP) is 2.13. The molecule has 0 amide bonds. The normalized spacial score (nSPS) is 26.4. The Balaban J connectivity index is 2.09. The molecule has 1 saturated carbocycles. The monoisotopic (exact) mass is 207 g/mol. The molecule has 1 aliphatic carbocycles. The van der Waals surface area contributed by atoms with E-state index in [-0.39, 0.29) is 0 Å². The maximum absolute atomic E-state index is 5.82. The first-order valence-corrected chi connectivity index (χ1v) is 5.72. The van der Waals surface area contributed by atoms with Gasteiger partial charge in [0, 0.05) is 24.0 Å². The van der Waals surface area contributed by atoms with E-state index in [0.29, 0.717) is 17.5 Å². The van der Waals surface area contributed by atoms with Gasteiger partial charge in [0.15, 0.2) is 0 Å². The van der Waals surface area contributed by atoms with Gasteiger partial charge in [0.25, 0.3) is 0 Å². The van der Waals surface area contributed by atoms with Crippen LogP contribution in [-0.4, -0.2) is 15.6 Å². The average molecular weight is 207 g/mol.